The highest BCUT2D eigenvalue weighted by Gasteiger charge is 2.22. The van der Waals surface area contributed by atoms with Gasteiger partial charge in [-0.05, 0) is 33.4 Å². The molecular weight excluding hydrogens is 208 g/mol. The van der Waals surface area contributed by atoms with E-state index in [0.717, 1.165) is 12.2 Å². The van der Waals surface area contributed by atoms with Crippen molar-refractivity contribution in [2.45, 2.75) is 31.8 Å². The van der Waals surface area contributed by atoms with Crippen LogP contribution in [0.25, 0.3) is 0 Å². The first-order valence-electron chi connectivity index (χ1n) is 5.48. The SMILES string of the molecule is CC(O)c1csc(C2CCCN(C)C2)n1. The molecule has 1 aromatic rings. The number of aliphatic hydroxyl groups is 1. The molecule has 84 valence electrons. The molecule has 0 aromatic carbocycles. The Morgan fingerprint density at radius 2 is 2.47 bits per heavy atom. The van der Waals surface area contributed by atoms with Gasteiger partial charge in [0.25, 0.3) is 0 Å². The standard InChI is InChI=1S/C11H18N2OS/c1-8(14)10-7-15-11(12-10)9-4-3-5-13(2)6-9/h7-9,14H,3-6H2,1-2H3. The molecule has 2 rings (SSSR count). The zero-order valence-corrected chi connectivity index (χ0v) is 10.1. The van der Waals surface area contributed by atoms with E-state index in [1.54, 1.807) is 18.3 Å². The molecule has 4 heteroatoms. The quantitative estimate of drug-likeness (QED) is 0.838. The van der Waals surface area contributed by atoms with Crippen LogP contribution >= 0.6 is 11.3 Å². The minimum Gasteiger partial charge on any atom is -0.387 e. The van der Waals surface area contributed by atoms with E-state index < -0.39 is 6.10 Å². The minimum absolute atomic E-state index is 0.434. The predicted octanol–water partition coefficient (Wildman–Crippen LogP) is 2.01. The highest BCUT2D eigenvalue weighted by molar-refractivity contribution is 7.09. The lowest BCUT2D eigenvalue weighted by atomic mass is 9.99. The third-order valence-electron chi connectivity index (χ3n) is 2.94. The Labute approximate surface area is 94.8 Å². The van der Waals surface area contributed by atoms with Crippen LogP contribution in [-0.4, -0.2) is 35.1 Å². The molecule has 15 heavy (non-hydrogen) atoms. The lowest BCUT2D eigenvalue weighted by molar-refractivity contribution is 0.194. The van der Waals surface area contributed by atoms with Gasteiger partial charge in [-0.3, -0.25) is 0 Å². The Balaban J connectivity index is 2.08. The Kier molecular flexibility index (Phi) is 3.38. The van der Waals surface area contributed by atoms with Crippen LogP contribution in [0.2, 0.25) is 0 Å². The van der Waals surface area contributed by atoms with Gasteiger partial charge in [0.15, 0.2) is 0 Å². The average Bonchev–Trinajstić information content (AvgIpc) is 2.66. The van der Waals surface area contributed by atoms with E-state index >= 15 is 0 Å². The van der Waals surface area contributed by atoms with Gasteiger partial charge in [0.05, 0.1) is 16.8 Å². The zero-order valence-electron chi connectivity index (χ0n) is 9.31. The van der Waals surface area contributed by atoms with Crippen molar-refractivity contribution in [1.29, 1.82) is 0 Å². The molecular formula is C11H18N2OS. The molecule has 1 aliphatic rings. The van der Waals surface area contributed by atoms with Crippen LogP contribution in [0.4, 0.5) is 0 Å². The van der Waals surface area contributed by atoms with Gasteiger partial charge in [-0.1, -0.05) is 0 Å². The molecule has 0 spiro atoms. The number of aliphatic hydroxyl groups excluding tert-OH is 1. The van der Waals surface area contributed by atoms with Crippen LogP contribution in [0, 0.1) is 0 Å². The largest absolute Gasteiger partial charge is 0.387 e. The van der Waals surface area contributed by atoms with Gasteiger partial charge in [0, 0.05) is 17.8 Å². The van der Waals surface area contributed by atoms with Crippen molar-refractivity contribution in [3.8, 4) is 0 Å². The summed E-state index contributed by atoms with van der Waals surface area (Å²) in [5.41, 5.74) is 0.822. The van der Waals surface area contributed by atoms with Crippen molar-refractivity contribution < 1.29 is 5.11 Å². The molecule has 1 fully saturated rings. The van der Waals surface area contributed by atoms with Crippen LogP contribution in [0.5, 0.6) is 0 Å². The molecule has 0 bridgehead atoms. The first kappa shape index (κ1) is 11.0. The second-order valence-electron chi connectivity index (χ2n) is 4.39. The molecule has 0 amide bonds. The average molecular weight is 226 g/mol. The van der Waals surface area contributed by atoms with Crippen molar-refractivity contribution >= 4 is 11.3 Å². The van der Waals surface area contributed by atoms with Gasteiger partial charge in [-0.2, -0.15) is 0 Å². The van der Waals surface area contributed by atoms with Crippen molar-refractivity contribution in [2.24, 2.45) is 0 Å². The number of hydrogen-bond donors (Lipinski definition) is 1. The van der Waals surface area contributed by atoms with E-state index in [-0.39, 0.29) is 0 Å². The summed E-state index contributed by atoms with van der Waals surface area (Å²) < 4.78 is 0. The van der Waals surface area contributed by atoms with E-state index in [9.17, 15) is 5.11 Å². The number of piperidine rings is 1. The molecule has 3 nitrogen and oxygen atoms in total. The minimum atomic E-state index is -0.434. The maximum atomic E-state index is 9.42. The van der Waals surface area contributed by atoms with Crippen LogP contribution in [0.3, 0.4) is 0 Å². The van der Waals surface area contributed by atoms with E-state index in [0.29, 0.717) is 5.92 Å². The normalized spacial score (nSPS) is 25.4. The smallest absolute Gasteiger partial charge is 0.0973 e. The van der Waals surface area contributed by atoms with Crippen LogP contribution in [0.15, 0.2) is 5.38 Å². The fourth-order valence-corrected chi connectivity index (χ4v) is 3.08. The fraction of sp³-hybridized carbons (Fsp3) is 0.727. The monoisotopic (exact) mass is 226 g/mol. The van der Waals surface area contributed by atoms with Crippen molar-refractivity contribution in [1.82, 2.24) is 9.88 Å². The number of likely N-dealkylation sites (tertiary alicyclic amines) is 1. The molecule has 1 N–H and O–H groups in total. The molecule has 2 atom stereocenters. The van der Waals surface area contributed by atoms with E-state index in [2.05, 4.69) is 16.9 Å². The molecule has 1 aliphatic heterocycles. The molecule has 0 aliphatic carbocycles. The number of thiazole rings is 1. The van der Waals surface area contributed by atoms with E-state index in [4.69, 9.17) is 0 Å². The zero-order chi connectivity index (χ0) is 10.8. The molecule has 1 saturated heterocycles. The van der Waals surface area contributed by atoms with Gasteiger partial charge in [-0.25, -0.2) is 4.98 Å². The predicted molar refractivity (Wildman–Crippen MR) is 62.2 cm³/mol. The summed E-state index contributed by atoms with van der Waals surface area (Å²) in [6, 6.07) is 0. The third-order valence-corrected chi connectivity index (χ3v) is 3.97. The fourth-order valence-electron chi connectivity index (χ4n) is 2.05. The Morgan fingerprint density at radius 1 is 1.67 bits per heavy atom. The molecule has 2 unspecified atom stereocenters. The van der Waals surface area contributed by atoms with Crippen LogP contribution in [-0.2, 0) is 0 Å². The summed E-state index contributed by atoms with van der Waals surface area (Å²) in [5, 5.41) is 12.6. The highest BCUT2D eigenvalue weighted by Crippen LogP contribution is 2.29. The second kappa shape index (κ2) is 4.60. The number of rotatable bonds is 2. The van der Waals surface area contributed by atoms with E-state index in [1.807, 2.05) is 5.38 Å². The van der Waals surface area contributed by atoms with Crippen LogP contribution in [0.1, 0.15) is 42.5 Å². The maximum Gasteiger partial charge on any atom is 0.0973 e. The number of nitrogens with zero attached hydrogens (tertiary/aromatic N) is 2. The van der Waals surface area contributed by atoms with Gasteiger partial charge in [-0.15, -0.1) is 11.3 Å². The Hall–Kier alpha value is -0.450. The maximum absolute atomic E-state index is 9.42. The Bertz CT molecular complexity index is 324. The van der Waals surface area contributed by atoms with Gasteiger partial charge in [0.1, 0.15) is 0 Å². The number of hydrogen-bond acceptors (Lipinski definition) is 4. The summed E-state index contributed by atoms with van der Waals surface area (Å²) in [4.78, 5) is 6.87. The molecule has 0 saturated carbocycles. The van der Waals surface area contributed by atoms with Crippen LogP contribution < -0.4 is 0 Å². The van der Waals surface area contributed by atoms with Gasteiger partial charge in [0.2, 0.25) is 0 Å². The molecule has 2 heterocycles. The molecule has 0 radical (unpaired) electrons. The van der Waals surface area contributed by atoms with Crippen molar-refractivity contribution in [3.05, 3.63) is 16.1 Å². The van der Waals surface area contributed by atoms with Crippen molar-refractivity contribution in [3.63, 3.8) is 0 Å². The summed E-state index contributed by atoms with van der Waals surface area (Å²) in [7, 11) is 2.16. The summed E-state index contributed by atoms with van der Waals surface area (Å²) in [6.07, 6.45) is 2.05. The number of aromatic nitrogens is 1. The second-order valence-corrected chi connectivity index (χ2v) is 5.28. The van der Waals surface area contributed by atoms with Gasteiger partial charge < -0.3 is 10.0 Å². The lowest BCUT2D eigenvalue weighted by Crippen LogP contribution is -2.30. The van der Waals surface area contributed by atoms with Gasteiger partial charge >= 0.3 is 0 Å². The summed E-state index contributed by atoms with van der Waals surface area (Å²) in [5.74, 6) is 0.571. The first-order chi connectivity index (χ1) is 7.16. The Morgan fingerprint density at radius 3 is 3.07 bits per heavy atom. The summed E-state index contributed by atoms with van der Waals surface area (Å²) in [6.45, 7) is 4.07. The van der Waals surface area contributed by atoms with Crippen molar-refractivity contribution in [2.75, 3.05) is 20.1 Å². The number of likely N-dealkylation sites (N-methyl/N-ethyl adjacent to an activating group) is 1. The highest BCUT2D eigenvalue weighted by atomic mass is 32.1. The van der Waals surface area contributed by atoms with E-state index in [1.165, 1.54) is 24.4 Å². The molecule has 1 aromatic heterocycles. The first-order valence-corrected chi connectivity index (χ1v) is 6.36. The topological polar surface area (TPSA) is 36.4 Å². The summed E-state index contributed by atoms with van der Waals surface area (Å²) >= 11 is 1.69. The third kappa shape index (κ3) is 2.56. The lowest BCUT2D eigenvalue weighted by Gasteiger charge is -2.28.